The highest BCUT2D eigenvalue weighted by Crippen LogP contribution is 2.36. The third kappa shape index (κ3) is 3.66. The van der Waals surface area contributed by atoms with Crippen molar-refractivity contribution in [1.82, 2.24) is 0 Å². The molecule has 0 saturated heterocycles. The number of hydrogen-bond donors (Lipinski definition) is 1. The van der Waals surface area contributed by atoms with Crippen molar-refractivity contribution in [3.63, 3.8) is 0 Å². The van der Waals surface area contributed by atoms with Crippen LogP contribution in [0.3, 0.4) is 0 Å². The highest BCUT2D eigenvalue weighted by molar-refractivity contribution is 9.11. The van der Waals surface area contributed by atoms with Crippen LogP contribution in [0.2, 0.25) is 4.34 Å². The fourth-order valence-corrected chi connectivity index (χ4v) is 3.92. The van der Waals surface area contributed by atoms with Crippen LogP contribution in [-0.2, 0) is 0 Å². The fraction of sp³-hybridized carbons (Fsp3) is 0.231. The molecule has 0 saturated carbocycles. The van der Waals surface area contributed by atoms with E-state index in [9.17, 15) is 0 Å². The van der Waals surface area contributed by atoms with Gasteiger partial charge in [0, 0.05) is 16.6 Å². The lowest BCUT2D eigenvalue weighted by atomic mass is 10.1. The average molecular weight is 426 g/mol. The van der Waals surface area contributed by atoms with Gasteiger partial charge in [0.1, 0.15) is 5.75 Å². The molecule has 0 radical (unpaired) electrons. The lowest BCUT2D eigenvalue weighted by Crippen LogP contribution is -2.06. The molecule has 1 unspecified atom stereocenters. The maximum absolute atomic E-state index is 5.96. The summed E-state index contributed by atoms with van der Waals surface area (Å²) >= 11 is 14.5. The van der Waals surface area contributed by atoms with Gasteiger partial charge in [0.15, 0.2) is 0 Å². The van der Waals surface area contributed by atoms with Crippen molar-refractivity contribution in [2.24, 2.45) is 0 Å². The van der Waals surface area contributed by atoms with Crippen molar-refractivity contribution in [2.75, 3.05) is 12.4 Å². The first-order valence-corrected chi connectivity index (χ1v) is 8.39. The zero-order valence-corrected chi connectivity index (χ0v) is 15.1. The quantitative estimate of drug-likeness (QED) is 0.638. The van der Waals surface area contributed by atoms with Crippen LogP contribution >= 0.6 is 54.8 Å². The summed E-state index contributed by atoms with van der Waals surface area (Å²) in [6.07, 6.45) is 0. The van der Waals surface area contributed by atoms with Crippen LogP contribution in [-0.4, -0.2) is 7.11 Å². The molecule has 1 N–H and O–H groups in total. The number of methoxy groups -OCH3 is 1. The first kappa shape index (κ1) is 15.2. The topological polar surface area (TPSA) is 21.3 Å². The number of thiophene rings is 1. The van der Waals surface area contributed by atoms with E-state index in [1.54, 1.807) is 7.11 Å². The van der Waals surface area contributed by atoms with Crippen LogP contribution < -0.4 is 10.1 Å². The first-order chi connectivity index (χ1) is 9.01. The molecule has 102 valence electrons. The minimum absolute atomic E-state index is 0.172. The summed E-state index contributed by atoms with van der Waals surface area (Å²) in [5.41, 5.74) is 2.15. The number of hydrogen-bond acceptors (Lipinski definition) is 3. The van der Waals surface area contributed by atoms with Crippen molar-refractivity contribution in [2.45, 2.75) is 13.0 Å². The van der Waals surface area contributed by atoms with Crippen LogP contribution in [0.1, 0.15) is 18.5 Å². The van der Waals surface area contributed by atoms with E-state index >= 15 is 0 Å². The van der Waals surface area contributed by atoms with E-state index in [0.717, 1.165) is 24.7 Å². The van der Waals surface area contributed by atoms with Gasteiger partial charge in [-0.1, -0.05) is 11.6 Å². The summed E-state index contributed by atoms with van der Waals surface area (Å²) in [4.78, 5) is 0. The van der Waals surface area contributed by atoms with Crippen molar-refractivity contribution in [3.05, 3.63) is 42.4 Å². The van der Waals surface area contributed by atoms with Crippen LogP contribution in [0, 0.1) is 0 Å². The minimum Gasteiger partial charge on any atom is -0.495 e. The van der Waals surface area contributed by atoms with Crippen molar-refractivity contribution in [3.8, 4) is 5.75 Å². The highest BCUT2D eigenvalue weighted by atomic mass is 79.9. The molecule has 2 nitrogen and oxygen atoms in total. The standard InChI is InChI=1S/C13H12Br2ClNOS/c1-7(8-3-13(16)19-6-8)17-11-5-12(18-2)10(15)4-9(11)14/h3-7,17H,1-2H3. The minimum atomic E-state index is 0.172. The van der Waals surface area contributed by atoms with Crippen LogP contribution in [0.4, 0.5) is 5.69 Å². The van der Waals surface area contributed by atoms with Gasteiger partial charge in [-0.3, -0.25) is 0 Å². The zero-order valence-electron chi connectivity index (χ0n) is 10.3. The largest absolute Gasteiger partial charge is 0.495 e. The molecule has 6 heteroatoms. The summed E-state index contributed by atoms with van der Waals surface area (Å²) in [5.74, 6) is 0.793. The molecule has 0 amide bonds. The summed E-state index contributed by atoms with van der Waals surface area (Å²) in [7, 11) is 1.65. The molecule has 2 aromatic rings. The molecule has 0 spiro atoms. The number of nitrogens with one attached hydrogen (secondary N) is 1. The van der Waals surface area contributed by atoms with Gasteiger partial charge in [-0.15, -0.1) is 11.3 Å². The first-order valence-electron chi connectivity index (χ1n) is 5.54. The zero-order chi connectivity index (χ0) is 14.0. The van der Waals surface area contributed by atoms with E-state index in [0.29, 0.717) is 0 Å². The van der Waals surface area contributed by atoms with Gasteiger partial charge in [-0.2, -0.15) is 0 Å². The Morgan fingerprint density at radius 2 is 2.00 bits per heavy atom. The van der Waals surface area contributed by atoms with Crippen molar-refractivity contribution in [1.29, 1.82) is 0 Å². The van der Waals surface area contributed by atoms with E-state index in [1.165, 1.54) is 16.9 Å². The molecule has 0 aliphatic carbocycles. The Labute approximate surface area is 138 Å². The SMILES string of the molecule is COc1cc(NC(C)c2csc(Cl)c2)c(Br)cc1Br. The normalized spacial score (nSPS) is 12.3. The molecule has 1 atom stereocenters. The Morgan fingerprint density at radius 3 is 2.58 bits per heavy atom. The number of ether oxygens (including phenoxy) is 1. The second-order valence-corrected chi connectivity index (χ2v) is 7.27. The van der Waals surface area contributed by atoms with Crippen LogP contribution in [0.25, 0.3) is 0 Å². The van der Waals surface area contributed by atoms with Crippen molar-refractivity contribution < 1.29 is 4.74 Å². The Morgan fingerprint density at radius 1 is 1.26 bits per heavy atom. The molecule has 1 aromatic carbocycles. The Hall–Kier alpha value is -0.230. The van der Waals surface area contributed by atoms with Gasteiger partial charge >= 0.3 is 0 Å². The van der Waals surface area contributed by atoms with Gasteiger partial charge in [0.25, 0.3) is 0 Å². The summed E-state index contributed by atoms with van der Waals surface area (Å²) in [5, 5.41) is 5.50. The monoisotopic (exact) mass is 423 g/mol. The average Bonchev–Trinajstić information content (AvgIpc) is 2.79. The molecule has 1 heterocycles. The van der Waals surface area contributed by atoms with Crippen LogP contribution in [0.5, 0.6) is 5.75 Å². The summed E-state index contributed by atoms with van der Waals surface area (Å²) in [6, 6.07) is 6.08. The summed E-state index contributed by atoms with van der Waals surface area (Å²) < 4.78 is 8.00. The predicted octanol–water partition coefficient (Wildman–Crippen LogP) is 6.11. The van der Waals surface area contributed by atoms with E-state index in [-0.39, 0.29) is 6.04 Å². The lowest BCUT2D eigenvalue weighted by Gasteiger charge is -2.17. The van der Waals surface area contributed by atoms with Crippen molar-refractivity contribution >= 4 is 60.5 Å². The molecule has 0 aliphatic rings. The van der Waals surface area contributed by atoms with E-state index in [2.05, 4.69) is 49.5 Å². The summed E-state index contributed by atoms with van der Waals surface area (Å²) in [6.45, 7) is 2.10. The maximum Gasteiger partial charge on any atom is 0.135 e. The van der Waals surface area contributed by atoms with Gasteiger partial charge < -0.3 is 10.1 Å². The second-order valence-electron chi connectivity index (χ2n) is 4.02. The number of rotatable bonds is 4. The number of halogens is 3. The van der Waals surface area contributed by atoms with Crippen LogP contribution in [0.15, 0.2) is 32.5 Å². The molecule has 19 heavy (non-hydrogen) atoms. The molecule has 0 fully saturated rings. The predicted molar refractivity (Wildman–Crippen MR) is 89.8 cm³/mol. The third-order valence-corrected chi connectivity index (χ3v) is 5.09. The molecule has 1 aromatic heterocycles. The smallest absolute Gasteiger partial charge is 0.135 e. The third-order valence-electron chi connectivity index (χ3n) is 2.70. The van der Waals surface area contributed by atoms with E-state index in [1.807, 2.05) is 18.2 Å². The van der Waals surface area contributed by atoms with E-state index < -0.39 is 0 Å². The Bertz CT molecular complexity index is 588. The van der Waals surface area contributed by atoms with Gasteiger partial charge in [-0.25, -0.2) is 0 Å². The lowest BCUT2D eigenvalue weighted by molar-refractivity contribution is 0.412. The molecule has 0 bridgehead atoms. The van der Waals surface area contributed by atoms with Gasteiger partial charge in [0.05, 0.1) is 21.6 Å². The molecule has 2 rings (SSSR count). The number of benzene rings is 1. The Kier molecular flexibility index (Phi) is 5.17. The molecular formula is C13H12Br2ClNOS. The fourth-order valence-electron chi connectivity index (χ4n) is 1.66. The van der Waals surface area contributed by atoms with E-state index in [4.69, 9.17) is 16.3 Å². The Balaban J connectivity index is 2.23. The molecular weight excluding hydrogens is 413 g/mol. The maximum atomic E-state index is 5.96. The van der Waals surface area contributed by atoms with Gasteiger partial charge in [0.2, 0.25) is 0 Å². The molecule has 0 aliphatic heterocycles. The van der Waals surface area contributed by atoms with Gasteiger partial charge in [-0.05, 0) is 61.9 Å². The highest BCUT2D eigenvalue weighted by Gasteiger charge is 2.12. The number of anilines is 1. The second kappa shape index (κ2) is 6.48.